The third-order valence-electron chi connectivity index (χ3n) is 5.73. The van der Waals surface area contributed by atoms with Gasteiger partial charge < -0.3 is 19.0 Å². The van der Waals surface area contributed by atoms with Crippen LogP contribution in [-0.4, -0.2) is 39.9 Å². The molecule has 2 aliphatic heterocycles. The van der Waals surface area contributed by atoms with Gasteiger partial charge in [0.1, 0.15) is 17.0 Å². The van der Waals surface area contributed by atoms with Crippen molar-refractivity contribution < 1.29 is 14.3 Å². The minimum absolute atomic E-state index is 0.0285. The van der Waals surface area contributed by atoms with Gasteiger partial charge in [-0.1, -0.05) is 0 Å². The third kappa shape index (κ3) is 2.63. The molecule has 1 aromatic heterocycles. The van der Waals surface area contributed by atoms with Gasteiger partial charge >= 0.3 is 5.97 Å². The highest BCUT2D eigenvalue weighted by Crippen LogP contribution is 2.39. The van der Waals surface area contributed by atoms with Crippen LogP contribution in [0.3, 0.4) is 0 Å². The van der Waals surface area contributed by atoms with Gasteiger partial charge in [0.25, 0.3) is 5.56 Å². The summed E-state index contributed by atoms with van der Waals surface area (Å²) in [7, 11) is 2.98. The second-order valence-electron chi connectivity index (χ2n) is 7.26. The maximum absolute atomic E-state index is 12.3. The summed E-state index contributed by atoms with van der Waals surface area (Å²) in [6.07, 6.45) is 6.33. The molecule has 0 fully saturated rings. The van der Waals surface area contributed by atoms with Gasteiger partial charge in [0.2, 0.25) is 0 Å². The van der Waals surface area contributed by atoms with Crippen molar-refractivity contribution >= 4 is 16.9 Å². The van der Waals surface area contributed by atoms with Crippen LogP contribution in [0.15, 0.2) is 35.4 Å². The Labute approximate surface area is 165 Å². The molecule has 0 saturated heterocycles. The number of nitrogens with one attached hydrogen (secondary N) is 2. The number of rotatable bonds is 3. The fraction of sp³-hybridized carbons (Fsp3) is 0.286. The van der Waals surface area contributed by atoms with Crippen LogP contribution in [0.2, 0.25) is 0 Å². The van der Waals surface area contributed by atoms with E-state index < -0.39 is 5.97 Å². The number of benzene rings is 1. The Morgan fingerprint density at radius 3 is 2.93 bits per heavy atom. The minimum Gasteiger partial charge on any atom is -0.497 e. The number of aromatic nitrogens is 4. The zero-order valence-electron chi connectivity index (χ0n) is 16.1. The molecule has 0 unspecified atom stereocenters. The summed E-state index contributed by atoms with van der Waals surface area (Å²) in [4.78, 5) is 28.1. The van der Waals surface area contributed by atoms with Crippen LogP contribution in [0.1, 0.15) is 40.5 Å². The number of esters is 1. The van der Waals surface area contributed by atoms with Crippen molar-refractivity contribution in [3.05, 3.63) is 57.8 Å². The van der Waals surface area contributed by atoms with Crippen molar-refractivity contribution in [1.29, 1.82) is 0 Å². The third-order valence-corrected chi connectivity index (χ3v) is 5.73. The van der Waals surface area contributed by atoms with Crippen molar-refractivity contribution in [3.8, 4) is 17.0 Å². The minimum atomic E-state index is -0.520. The number of aryl methyl sites for hydroxylation is 1. The molecule has 3 heterocycles. The predicted molar refractivity (Wildman–Crippen MR) is 107 cm³/mol. The molecular weight excluding hydrogens is 372 g/mol. The number of carbonyl (C=O) groups is 1. The molecule has 0 amide bonds. The number of hydrogen-bond acceptors (Lipinski definition) is 5. The van der Waals surface area contributed by atoms with Crippen molar-refractivity contribution in [1.82, 2.24) is 19.7 Å². The number of methoxy groups -OCH3 is 2. The van der Waals surface area contributed by atoms with Crippen LogP contribution in [0.25, 0.3) is 22.2 Å². The summed E-state index contributed by atoms with van der Waals surface area (Å²) in [5.74, 6) is 0.297. The molecule has 2 N–H and O–H groups in total. The first kappa shape index (κ1) is 17.5. The van der Waals surface area contributed by atoms with Crippen molar-refractivity contribution in [2.75, 3.05) is 14.2 Å². The SMILES string of the molecule is COC(=O)c1cn([C@@H]2CCCc3c2[nH]c2ccc(OC)cc32)cc2c(=O)[nH]nc1-2. The number of H-pyrrole nitrogens is 2. The van der Waals surface area contributed by atoms with Crippen molar-refractivity contribution in [2.24, 2.45) is 0 Å². The Hall–Kier alpha value is -3.55. The number of pyridine rings is 1. The molecule has 0 saturated carbocycles. The van der Waals surface area contributed by atoms with Crippen LogP contribution in [-0.2, 0) is 11.2 Å². The summed E-state index contributed by atoms with van der Waals surface area (Å²) in [6.45, 7) is 0. The van der Waals surface area contributed by atoms with Gasteiger partial charge in [0.15, 0.2) is 0 Å². The molecule has 0 bridgehead atoms. The van der Waals surface area contributed by atoms with E-state index in [1.807, 2.05) is 22.8 Å². The Balaban J connectivity index is 1.71. The lowest BCUT2D eigenvalue weighted by atomic mass is 9.91. The first-order chi connectivity index (χ1) is 14.1. The molecule has 8 heteroatoms. The van der Waals surface area contributed by atoms with E-state index in [9.17, 15) is 9.59 Å². The summed E-state index contributed by atoms with van der Waals surface area (Å²) < 4.78 is 12.2. The van der Waals surface area contributed by atoms with E-state index in [-0.39, 0.29) is 17.2 Å². The highest BCUT2D eigenvalue weighted by Gasteiger charge is 2.29. The molecule has 3 aliphatic rings. The molecule has 8 nitrogen and oxygen atoms in total. The van der Waals surface area contributed by atoms with E-state index in [1.54, 1.807) is 19.5 Å². The normalized spacial score (nSPS) is 16.1. The average Bonchev–Trinajstić information content (AvgIpc) is 3.32. The molecule has 148 valence electrons. The fourth-order valence-corrected chi connectivity index (χ4v) is 4.34. The molecule has 2 aromatic rings. The molecule has 1 aliphatic carbocycles. The Kier molecular flexibility index (Phi) is 3.94. The van der Waals surface area contributed by atoms with Gasteiger partial charge in [-0.05, 0) is 43.0 Å². The molecule has 1 atom stereocenters. The van der Waals surface area contributed by atoms with Crippen molar-refractivity contribution in [3.63, 3.8) is 0 Å². The Morgan fingerprint density at radius 2 is 2.14 bits per heavy atom. The highest BCUT2D eigenvalue weighted by molar-refractivity contribution is 5.96. The van der Waals surface area contributed by atoms with E-state index in [2.05, 4.69) is 15.2 Å². The van der Waals surface area contributed by atoms with Gasteiger partial charge in [0.05, 0.1) is 25.8 Å². The van der Waals surface area contributed by atoms with Crippen LogP contribution in [0, 0.1) is 0 Å². The maximum Gasteiger partial charge on any atom is 0.341 e. The Morgan fingerprint density at radius 1 is 1.28 bits per heavy atom. The second kappa shape index (κ2) is 6.51. The lowest BCUT2D eigenvalue weighted by Gasteiger charge is -2.26. The van der Waals surface area contributed by atoms with E-state index in [0.29, 0.717) is 11.3 Å². The number of aromatic amines is 2. The predicted octanol–water partition coefficient (Wildman–Crippen LogP) is 2.88. The topological polar surface area (TPSA) is 102 Å². The first-order valence-electron chi connectivity index (χ1n) is 9.47. The molecule has 1 aromatic carbocycles. The number of ether oxygens (including phenoxy) is 2. The standard InChI is InChI=1S/C21H20N4O4/c1-28-11-6-7-16-13(8-11)12-4-3-5-17(19(12)22-16)25-9-14-18(23-24-20(14)26)15(10-25)21(27)29-2/h6-10,17,22H,3-5H2,1-2H3,(H,24,26)/t17-/m1/s1. The number of fused-ring (bicyclic) bond motifs is 4. The summed E-state index contributed by atoms with van der Waals surface area (Å²) in [5, 5.41) is 7.57. The number of carbonyl (C=O) groups excluding carboxylic acids is 1. The van der Waals surface area contributed by atoms with Crippen LogP contribution >= 0.6 is 0 Å². The quantitative estimate of drug-likeness (QED) is 0.522. The average molecular weight is 392 g/mol. The molecule has 0 spiro atoms. The van der Waals surface area contributed by atoms with Crippen LogP contribution < -0.4 is 10.3 Å². The molecular formula is C21H20N4O4. The van der Waals surface area contributed by atoms with Crippen molar-refractivity contribution in [2.45, 2.75) is 25.3 Å². The highest BCUT2D eigenvalue weighted by atomic mass is 16.5. The fourth-order valence-electron chi connectivity index (χ4n) is 4.34. The van der Waals surface area contributed by atoms with Gasteiger partial charge in [-0.15, -0.1) is 0 Å². The summed E-state index contributed by atoms with van der Waals surface area (Å²) >= 11 is 0. The lowest BCUT2D eigenvalue weighted by molar-refractivity contribution is 0.0600. The van der Waals surface area contributed by atoms with E-state index >= 15 is 0 Å². The van der Waals surface area contributed by atoms with Gasteiger partial charge in [-0.2, -0.15) is 5.10 Å². The summed E-state index contributed by atoms with van der Waals surface area (Å²) in [5.41, 5.74) is 4.04. The van der Waals surface area contributed by atoms with E-state index in [0.717, 1.165) is 41.6 Å². The van der Waals surface area contributed by atoms with E-state index in [4.69, 9.17) is 9.47 Å². The number of nitrogens with zero attached hydrogens (tertiary/aromatic N) is 2. The molecule has 29 heavy (non-hydrogen) atoms. The van der Waals surface area contributed by atoms with Crippen LogP contribution in [0.5, 0.6) is 5.75 Å². The van der Waals surface area contributed by atoms with Gasteiger partial charge in [-0.3, -0.25) is 4.79 Å². The summed E-state index contributed by atoms with van der Waals surface area (Å²) in [6, 6.07) is 5.97. The smallest absolute Gasteiger partial charge is 0.341 e. The monoisotopic (exact) mass is 392 g/mol. The molecule has 0 radical (unpaired) electrons. The largest absolute Gasteiger partial charge is 0.497 e. The van der Waals surface area contributed by atoms with Gasteiger partial charge in [0, 0.05) is 29.0 Å². The maximum atomic E-state index is 12.3. The Bertz CT molecular complexity index is 1270. The second-order valence-corrected chi connectivity index (χ2v) is 7.26. The molecule has 5 rings (SSSR count). The zero-order valence-corrected chi connectivity index (χ0v) is 16.1. The lowest BCUT2D eigenvalue weighted by Crippen LogP contribution is -2.20. The zero-order chi connectivity index (χ0) is 20.1. The van der Waals surface area contributed by atoms with Gasteiger partial charge in [-0.25, -0.2) is 9.89 Å². The van der Waals surface area contributed by atoms with E-state index in [1.165, 1.54) is 12.7 Å². The number of hydrogen-bond donors (Lipinski definition) is 2. The first-order valence-corrected chi connectivity index (χ1v) is 9.47. The van der Waals surface area contributed by atoms with Crippen LogP contribution in [0.4, 0.5) is 0 Å².